The zero-order chi connectivity index (χ0) is 8.97. The number of aliphatic imine (C=N–C) groups is 1. The Morgan fingerprint density at radius 3 is 2.92 bits per heavy atom. The number of hydrogen-bond donors (Lipinski definition) is 2. The summed E-state index contributed by atoms with van der Waals surface area (Å²) in [4.78, 5) is 15.3. The van der Waals surface area contributed by atoms with Gasteiger partial charge in [0.15, 0.2) is 0 Å². The van der Waals surface area contributed by atoms with Crippen LogP contribution in [-0.2, 0) is 4.79 Å². The minimum atomic E-state index is -0.174. The fourth-order valence-electron chi connectivity index (χ4n) is 1.19. The fourth-order valence-corrected chi connectivity index (χ4v) is 1.19. The predicted octanol–water partition coefficient (Wildman–Crippen LogP) is -0.0972. The van der Waals surface area contributed by atoms with Crippen molar-refractivity contribution in [2.24, 2.45) is 4.99 Å². The van der Waals surface area contributed by atoms with E-state index >= 15 is 0 Å². The number of likely N-dealkylation sites (N-methyl/N-ethyl adjacent to an activating group) is 1. The molecule has 1 heterocycles. The SMILES string of the molecule is CNC(=O)C(C)NC1=NCCC1. The van der Waals surface area contributed by atoms with E-state index in [0.717, 1.165) is 25.2 Å². The van der Waals surface area contributed by atoms with E-state index in [0.29, 0.717) is 0 Å². The molecular weight excluding hydrogens is 154 g/mol. The molecule has 12 heavy (non-hydrogen) atoms. The monoisotopic (exact) mass is 169 g/mol. The van der Waals surface area contributed by atoms with Gasteiger partial charge in [-0.2, -0.15) is 0 Å². The average Bonchev–Trinajstić information content (AvgIpc) is 2.55. The molecule has 0 saturated heterocycles. The second-order valence-electron chi connectivity index (χ2n) is 2.91. The zero-order valence-corrected chi connectivity index (χ0v) is 7.55. The smallest absolute Gasteiger partial charge is 0.241 e. The van der Waals surface area contributed by atoms with Crippen molar-refractivity contribution in [3.8, 4) is 0 Å². The van der Waals surface area contributed by atoms with Crippen LogP contribution in [0.3, 0.4) is 0 Å². The lowest BCUT2D eigenvalue weighted by Gasteiger charge is -2.12. The molecule has 0 bridgehead atoms. The van der Waals surface area contributed by atoms with E-state index in [-0.39, 0.29) is 11.9 Å². The second kappa shape index (κ2) is 4.09. The summed E-state index contributed by atoms with van der Waals surface area (Å²) in [6, 6.07) is -0.174. The Labute approximate surface area is 72.4 Å². The van der Waals surface area contributed by atoms with Crippen LogP contribution in [0.15, 0.2) is 4.99 Å². The first-order chi connectivity index (χ1) is 5.74. The average molecular weight is 169 g/mol. The van der Waals surface area contributed by atoms with Crippen LogP contribution in [0.5, 0.6) is 0 Å². The topological polar surface area (TPSA) is 53.5 Å². The summed E-state index contributed by atoms with van der Waals surface area (Å²) in [7, 11) is 1.64. The number of rotatable bonds is 2. The van der Waals surface area contributed by atoms with Crippen molar-refractivity contribution in [2.45, 2.75) is 25.8 Å². The largest absolute Gasteiger partial charge is 0.362 e. The molecule has 0 radical (unpaired) electrons. The molecule has 2 N–H and O–H groups in total. The van der Waals surface area contributed by atoms with E-state index < -0.39 is 0 Å². The van der Waals surface area contributed by atoms with Gasteiger partial charge in [0.2, 0.25) is 5.91 Å². The van der Waals surface area contributed by atoms with Crippen LogP contribution in [0.2, 0.25) is 0 Å². The van der Waals surface area contributed by atoms with Crippen molar-refractivity contribution >= 4 is 11.7 Å². The van der Waals surface area contributed by atoms with E-state index in [2.05, 4.69) is 15.6 Å². The Hall–Kier alpha value is -1.06. The number of nitrogens with one attached hydrogen (secondary N) is 2. The normalized spacial score (nSPS) is 18.3. The van der Waals surface area contributed by atoms with Crippen molar-refractivity contribution in [3.05, 3.63) is 0 Å². The number of nitrogens with zero attached hydrogens (tertiary/aromatic N) is 1. The molecule has 1 aliphatic rings. The van der Waals surface area contributed by atoms with Gasteiger partial charge in [-0.15, -0.1) is 0 Å². The quantitative estimate of drug-likeness (QED) is 0.606. The van der Waals surface area contributed by atoms with Gasteiger partial charge in [0.25, 0.3) is 0 Å². The lowest BCUT2D eigenvalue weighted by molar-refractivity contribution is -0.121. The molecule has 0 aromatic carbocycles. The van der Waals surface area contributed by atoms with Gasteiger partial charge >= 0.3 is 0 Å². The van der Waals surface area contributed by atoms with Gasteiger partial charge in [0, 0.05) is 20.0 Å². The molecule has 1 aliphatic heterocycles. The third-order valence-electron chi connectivity index (χ3n) is 1.90. The summed E-state index contributed by atoms with van der Waals surface area (Å²) in [5.41, 5.74) is 0. The third-order valence-corrected chi connectivity index (χ3v) is 1.90. The minimum absolute atomic E-state index is 0.00426. The van der Waals surface area contributed by atoms with E-state index in [1.54, 1.807) is 7.05 Å². The highest BCUT2D eigenvalue weighted by molar-refractivity contribution is 5.90. The Morgan fingerprint density at radius 1 is 1.67 bits per heavy atom. The number of carbonyl (C=O) groups is 1. The number of amidine groups is 1. The van der Waals surface area contributed by atoms with Crippen LogP contribution >= 0.6 is 0 Å². The molecule has 0 spiro atoms. The maximum Gasteiger partial charge on any atom is 0.241 e. The molecule has 0 saturated carbocycles. The zero-order valence-electron chi connectivity index (χ0n) is 7.55. The molecule has 4 nitrogen and oxygen atoms in total. The van der Waals surface area contributed by atoms with Gasteiger partial charge in [-0.1, -0.05) is 0 Å². The summed E-state index contributed by atoms with van der Waals surface area (Å²) in [5, 5.41) is 5.65. The summed E-state index contributed by atoms with van der Waals surface area (Å²) in [6.07, 6.45) is 2.07. The number of carbonyl (C=O) groups excluding carboxylic acids is 1. The Morgan fingerprint density at radius 2 is 2.42 bits per heavy atom. The molecule has 1 unspecified atom stereocenters. The van der Waals surface area contributed by atoms with E-state index in [1.807, 2.05) is 6.92 Å². The molecular formula is C8H15N3O. The lowest BCUT2D eigenvalue weighted by atomic mass is 10.3. The molecule has 0 aromatic rings. The molecule has 4 heteroatoms. The van der Waals surface area contributed by atoms with E-state index in [4.69, 9.17) is 0 Å². The van der Waals surface area contributed by atoms with Crippen LogP contribution in [0.25, 0.3) is 0 Å². The molecule has 0 aromatic heterocycles. The van der Waals surface area contributed by atoms with Gasteiger partial charge in [-0.25, -0.2) is 0 Å². The van der Waals surface area contributed by atoms with E-state index in [9.17, 15) is 4.79 Å². The highest BCUT2D eigenvalue weighted by atomic mass is 16.2. The molecule has 1 rings (SSSR count). The number of amides is 1. The maximum atomic E-state index is 11.1. The van der Waals surface area contributed by atoms with Crippen molar-refractivity contribution < 1.29 is 4.79 Å². The lowest BCUT2D eigenvalue weighted by Crippen LogP contribution is -2.43. The molecule has 0 aliphatic carbocycles. The number of hydrogen-bond acceptors (Lipinski definition) is 3. The van der Waals surface area contributed by atoms with Crippen LogP contribution in [0.4, 0.5) is 0 Å². The molecule has 68 valence electrons. The first-order valence-electron chi connectivity index (χ1n) is 4.25. The molecule has 1 amide bonds. The van der Waals surface area contributed by atoms with Crippen molar-refractivity contribution in [1.82, 2.24) is 10.6 Å². The standard InChI is InChI=1S/C8H15N3O/c1-6(8(12)9-2)11-7-4-3-5-10-7/h6H,3-5H2,1-2H3,(H,9,12)(H,10,11). The summed E-state index contributed by atoms with van der Waals surface area (Å²) >= 11 is 0. The van der Waals surface area contributed by atoms with Crippen LogP contribution in [0, 0.1) is 0 Å². The van der Waals surface area contributed by atoms with Crippen molar-refractivity contribution in [3.63, 3.8) is 0 Å². The summed E-state index contributed by atoms with van der Waals surface area (Å²) < 4.78 is 0. The Bertz CT molecular complexity index is 200. The first kappa shape index (κ1) is 9.03. The summed E-state index contributed by atoms with van der Waals surface area (Å²) in [5.74, 6) is 0.968. The van der Waals surface area contributed by atoms with Gasteiger partial charge in [-0.3, -0.25) is 9.79 Å². The van der Waals surface area contributed by atoms with E-state index in [1.165, 1.54) is 0 Å². The van der Waals surface area contributed by atoms with Crippen molar-refractivity contribution in [1.29, 1.82) is 0 Å². The Kier molecular flexibility index (Phi) is 3.08. The Balaban J connectivity index is 2.34. The third kappa shape index (κ3) is 2.22. The summed E-state index contributed by atoms with van der Waals surface area (Å²) in [6.45, 7) is 2.72. The van der Waals surface area contributed by atoms with Gasteiger partial charge < -0.3 is 10.6 Å². The fraction of sp³-hybridized carbons (Fsp3) is 0.750. The predicted molar refractivity (Wildman–Crippen MR) is 48.2 cm³/mol. The minimum Gasteiger partial charge on any atom is -0.362 e. The highest BCUT2D eigenvalue weighted by Gasteiger charge is 2.14. The molecule has 0 fully saturated rings. The maximum absolute atomic E-state index is 11.1. The first-order valence-corrected chi connectivity index (χ1v) is 4.25. The van der Waals surface area contributed by atoms with Crippen LogP contribution in [0.1, 0.15) is 19.8 Å². The second-order valence-corrected chi connectivity index (χ2v) is 2.91. The van der Waals surface area contributed by atoms with Crippen LogP contribution < -0.4 is 10.6 Å². The van der Waals surface area contributed by atoms with Crippen molar-refractivity contribution in [2.75, 3.05) is 13.6 Å². The van der Waals surface area contributed by atoms with Gasteiger partial charge in [0.1, 0.15) is 6.04 Å². The molecule has 1 atom stereocenters. The van der Waals surface area contributed by atoms with Gasteiger partial charge in [-0.05, 0) is 13.3 Å². The van der Waals surface area contributed by atoms with Gasteiger partial charge in [0.05, 0.1) is 5.84 Å². The highest BCUT2D eigenvalue weighted by Crippen LogP contribution is 2.01. The van der Waals surface area contributed by atoms with Crippen LogP contribution in [-0.4, -0.2) is 31.4 Å².